The first-order chi connectivity index (χ1) is 9.94. The maximum Gasteiger partial charge on any atom is 0.326 e. The van der Waals surface area contributed by atoms with E-state index in [9.17, 15) is 14.4 Å². The van der Waals surface area contributed by atoms with Gasteiger partial charge in [-0.25, -0.2) is 4.79 Å². The Kier molecular flexibility index (Phi) is 3.63. The molecule has 4 rings (SSSR count). The highest BCUT2D eigenvalue weighted by atomic mass is 16.4. The molecule has 6 heteroatoms. The van der Waals surface area contributed by atoms with E-state index in [1.165, 1.54) is 6.42 Å². The van der Waals surface area contributed by atoms with Gasteiger partial charge in [-0.05, 0) is 55.8 Å². The normalized spacial score (nSPS) is 38.0. The summed E-state index contributed by atoms with van der Waals surface area (Å²) in [5.41, 5.74) is 5.05. The summed E-state index contributed by atoms with van der Waals surface area (Å²) in [6, 6.07) is -1.20. The highest BCUT2D eigenvalue weighted by molar-refractivity contribution is 5.89. The smallest absolute Gasteiger partial charge is 0.326 e. The number of carbonyl (C=O) groups excluding carboxylic acids is 2. The number of hydrogen-bond donors (Lipinski definition) is 3. The molecule has 6 nitrogen and oxygen atoms in total. The molecule has 4 aliphatic carbocycles. The van der Waals surface area contributed by atoms with Crippen molar-refractivity contribution in [3.63, 3.8) is 0 Å². The van der Waals surface area contributed by atoms with Crippen LogP contribution in [0.25, 0.3) is 0 Å². The molecule has 4 fully saturated rings. The Morgan fingerprint density at radius 2 is 1.57 bits per heavy atom. The third kappa shape index (κ3) is 2.76. The van der Waals surface area contributed by atoms with E-state index in [-0.39, 0.29) is 18.2 Å². The summed E-state index contributed by atoms with van der Waals surface area (Å²) in [6.45, 7) is 0. The van der Waals surface area contributed by atoms with Crippen LogP contribution in [0.1, 0.15) is 38.5 Å². The summed E-state index contributed by atoms with van der Waals surface area (Å²) >= 11 is 0. The number of nitrogens with one attached hydrogen (secondary N) is 1. The van der Waals surface area contributed by atoms with E-state index < -0.39 is 17.9 Å². The molecule has 0 saturated heterocycles. The number of amides is 2. The Labute approximate surface area is 123 Å². The molecule has 2 amide bonds. The monoisotopic (exact) mass is 294 g/mol. The fourth-order valence-corrected chi connectivity index (χ4v) is 5.02. The van der Waals surface area contributed by atoms with Gasteiger partial charge in [0.2, 0.25) is 11.8 Å². The van der Waals surface area contributed by atoms with Crippen molar-refractivity contribution in [3.8, 4) is 0 Å². The average Bonchev–Trinajstić information content (AvgIpc) is 2.35. The van der Waals surface area contributed by atoms with Gasteiger partial charge in [0.15, 0.2) is 0 Å². The van der Waals surface area contributed by atoms with Crippen LogP contribution in [0, 0.1) is 29.6 Å². The number of carboxylic acids is 1. The summed E-state index contributed by atoms with van der Waals surface area (Å²) in [5.74, 6) is 0.118. The lowest BCUT2D eigenvalue weighted by Crippen LogP contribution is -2.54. The average molecular weight is 294 g/mol. The largest absolute Gasteiger partial charge is 0.480 e. The molecule has 1 unspecified atom stereocenters. The molecule has 0 aromatic heterocycles. The van der Waals surface area contributed by atoms with E-state index in [1.54, 1.807) is 0 Å². The van der Waals surface area contributed by atoms with E-state index >= 15 is 0 Å². The molecule has 21 heavy (non-hydrogen) atoms. The van der Waals surface area contributed by atoms with Crippen LogP contribution in [0.4, 0.5) is 0 Å². The van der Waals surface area contributed by atoms with Gasteiger partial charge in [0.05, 0.1) is 6.42 Å². The maximum atomic E-state index is 12.5. The molecule has 0 aliphatic heterocycles. The molecule has 0 spiro atoms. The minimum Gasteiger partial charge on any atom is -0.480 e. The van der Waals surface area contributed by atoms with Gasteiger partial charge < -0.3 is 16.2 Å². The van der Waals surface area contributed by atoms with Gasteiger partial charge in [-0.2, -0.15) is 0 Å². The van der Waals surface area contributed by atoms with E-state index in [0.717, 1.165) is 37.5 Å². The van der Waals surface area contributed by atoms with Crippen molar-refractivity contribution in [2.45, 2.75) is 44.6 Å². The van der Waals surface area contributed by atoms with E-state index in [4.69, 9.17) is 10.8 Å². The van der Waals surface area contributed by atoms with Crippen LogP contribution in [0.3, 0.4) is 0 Å². The second-order valence-electron chi connectivity index (χ2n) is 7.03. The summed E-state index contributed by atoms with van der Waals surface area (Å²) in [6.07, 6.45) is 5.34. The van der Waals surface area contributed by atoms with E-state index in [2.05, 4.69) is 5.32 Å². The van der Waals surface area contributed by atoms with Crippen molar-refractivity contribution in [1.29, 1.82) is 0 Å². The van der Waals surface area contributed by atoms with Crippen molar-refractivity contribution >= 4 is 17.8 Å². The van der Waals surface area contributed by atoms with Crippen molar-refractivity contribution in [2.75, 3.05) is 0 Å². The third-order valence-electron chi connectivity index (χ3n) is 5.55. The Morgan fingerprint density at radius 1 is 1.05 bits per heavy atom. The van der Waals surface area contributed by atoms with Gasteiger partial charge in [0.25, 0.3) is 0 Å². The number of nitrogens with two attached hydrogens (primary N) is 1. The Morgan fingerprint density at radius 3 is 2.00 bits per heavy atom. The van der Waals surface area contributed by atoms with Crippen LogP contribution >= 0.6 is 0 Å². The first-order valence-electron chi connectivity index (χ1n) is 7.75. The molecular weight excluding hydrogens is 272 g/mol. The number of primary amides is 1. The predicted octanol–water partition coefficient (Wildman–Crippen LogP) is 0.503. The zero-order chi connectivity index (χ0) is 15.1. The second kappa shape index (κ2) is 5.31. The van der Waals surface area contributed by atoms with Gasteiger partial charge in [-0.1, -0.05) is 0 Å². The zero-order valence-electron chi connectivity index (χ0n) is 12.0. The lowest BCUT2D eigenvalue weighted by Gasteiger charge is -2.53. The van der Waals surface area contributed by atoms with Crippen molar-refractivity contribution < 1.29 is 19.5 Å². The van der Waals surface area contributed by atoms with Gasteiger partial charge in [-0.3, -0.25) is 9.59 Å². The van der Waals surface area contributed by atoms with E-state index in [0.29, 0.717) is 11.8 Å². The fraction of sp³-hybridized carbons (Fsp3) is 0.800. The standard InChI is InChI=1S/C15H22N2O4/c16-12(18)6-11(15(20)21)17-14(19)13-9-2-7-1-8(4-9)5-10(13)3-7/h7-11,13H,1-6H2,(H2,16,18)(H,17,19)(H,20,21). The van der Waals surface area contributed by atoms with E-state index in [1.807, 2.05) is 0 Å². The Balaban J connectivity index is 1.67. The topological polar surface area (TPSA) is 109 Å². The zero-order valence-corrected chi connectivity index (χ0v) is 12.0. The molecule has 4 aliphatic rings. The highest BCUT2D eigenvalue weighted by Gasteiger charge is 2.51. The fourth-order valence-electron chi connectivity index (χ4n) is 5.02. The molecule has 0 heterocycles. The molecule has 0 aromatic carbocycles. The van der Waals surface area contributed by atoms with Gasteiger partial charge in [-0.15, -0.1) is 0 Å². The molecule has 4 N–H and O–H groups in total. The summed E-state index contributed by atoms with van der Waals surface area (Å²) in [5, 5.41) is 11.6. The third-order valence-corrected chi connectivity index (χ3v) is 5.55. The summed E-state index contributed by atoms with van der Waals surface area (Å²) in [7, 11) is 0. The SMILES string of the molecule is NC(=O)CC(NC(=O)C1C2CC3CC(C2)CC1C3)C(=O)O. The molecular formula is C15H22N2O4. The highest BCUT2D eigenvalue weighted by Crippen LogP contribution is 2.56. The van der Waals surface area contributed by atoms with Crippen LogP contribution < -0.4 is 11.1 Å². The lowest BCUT2D eigenvalue weighted by molar-refractivity contribution is -0.147. The van der Waals surface area contributed by atoms with Crippen LogP contribution in [-0.4, -0.2) is 28.9 Å². The minimum atomic E-state index is -1.20. The van der Waals surface area contributed by atoms with Crippen LogP contribution in [-0.2, 0) is 14.4 Å². The number of carbonyl (C=O) groups is 3. The number of rotatable bonds is 5. The molecule has 116 valence electrons. The summed E-state index contributed by atoms with van der Waals surface area (Å²) in [4.78, 5) is 34.6. The molecule has 4 bridgehead atoms. The Hall–Kier alpha value is -1.59. The minimum absolute atomic E-state index is 0.0764. The second-order valence-corrected chi connectivity index (χ2v) is 7.03. The van der Waals surface area contributed by atoms with Crippen LogP contribution in [0.5, 0.6) is 0 Å². The van der Waals surface area contributed by atoms with Crippen molar-refractivity contribution in [1.82, 2.24) is 5.32 Å². The molecule has 0 aromatic rings. The van der Waals surface area contributed by atoms with Crippen molar-refractivity contribution in [3.05, 3.63) is 0 Å². The maximum absolute atomic E-state index is 12.5. The Bertz CT molecular complexity index is 448. The molecule has 1 atom stereocenters. The van der Waals surface area contributed by atoms with Crippen LogP contribution in [0.15, 0.2) is 0 Å². The van der Waals surface area contributed by atoms with Gasteiger partial charge in [0.1, 0.15) is 6.04 Å². The first kappa shape index (κ1) is 14.4. The van der Waals surface area contributed by atoms with Gasteiger partial charge in [0, 0.05) is 5.92 Å². The number of carboxylic acid groups (broad SMARTS) is 1. The van der Waals surface area contributed by atoms with Gasteiger partial charge >= 0.3 is 5.97 Å². The van der Waals surface area contributed by atoms with Crippen molar-refractivity contribution in [2.24, 2.45) is 35.3 Å². The number of aliphatic carboxylic acids is 1. The molecule has 0 radical (unpaired) electrons. The quantitative estimate of drug-likeness (QED) is 0.686. The molecule has 4 saturated carbocycles. The first-order valence-corrected chi connectivity index (χ1v) is 7.75. The summed E-state index contributed by atoms with van der Waals surface area (Å²) < 4.78 is 0. The van der Waals surface area contributed by atoms with Crippen LogP contribution in [0.2, 0.25) is 0 Å². The number of hydrogen-bond acceptors (Lipinski definition) is 3. The predicted molar refractivity (Wildman–Crippen MR) is 73.9 cm³/mol. The lowest BCUT2D eigenvalue weighted by atomic mass is 9.51.